The molecule has 558 valence electrons. The Morgan fingerprint density at radius 1 is 0.846 bits per heavy atom. The number of hydrogen-bond donors (Lipinski definition) is 11. The van der Waals surface area contributed by atoms with Crippen LogP contribution in [0.25, 0.3) is 31.6 Å². The number of aromatic hydroxyl groups is 1. The smallest absolute Gasteiger partial charge is 0.407 e. The Bertz CT molecular complexity index is 4220. The van der Waals surface area contributed by atoms with Crippen LogP contribution in [0.3, 0.4) is 0 Å². The van der Waals surface area contributed by atoms with Gasteiger partial charge in [0.1, 0.15) is 35.9 Å². The molecule has 0 radical (unpaired) electrons. The van der Waals surface area contributed by atoms with E-state index < -0.39 is 113 Å². The molecule has 1 fully saturated rings. The first-order valence-electron chi connectivity index (χ1n) is 35.1. The third-order valence-corrected chi connectivity index (χ3v) is 21.0. The van der Waals surface area contributed by atoms with E-state index in [1.54, 1.807) is 91.0 Å². The van der Waals surface area contributed by atoms with Crippen LogP contribution in [0.2, 0.25) is 0 Å². The van der Waals surface area contributed by atoms with Crippen LogP contribution >= 0.6 is 11.3 Å². The van der Waals surface area contributed by atoms with E-state index in [1.807, 2.05) is 12.1 Å². The molecule has 5 heterocycles. The second kappa shape index (κ2) is 34.2. The van der Waals surface area contributed by atoms with Crippen molar-refractivity contribution in [1.82, 2.24) is 31.2 Å². The number of phenols is 1. The number of ketones is 1. The lowest BCUT2D eigenvalue weighted by Gasteiger charge is -2.36. The number of benzene rings is 4. The highest BCUT2D eigenvalue weighted by Crippen LogP contribution is 2.52. The molecule has 5 aliphatic heterocycles. The average Bonchev–Trinajstić information content (AvgIpc) is 1.47. The fourth-order valence-corrected chi connectivity index (χ4v) is 14.5. The fourth-order valence-electron chi connectivity index (χ4n) is 13.4. The number of carbonyl (C=O) groups is 9. The third-order valence-electron chi connectivity index (χ3n) is 19.9. The Morgan fingerprint density at radius 3 is 2.20 bits per heavy atom. The number of imide groups is 1. The van der Waals surface area contributed by atoms with Crippen LogP contribution in [0.4, 0.5) is 26.7 Å². The summed E-state index contributed by atoms with van der Waals surface area (Å²) in [7, 11) is 1.44. The van der Waals surface area contributed by atoms with Gasteiger partial charge in [0, 0.05) is 116 Å². The van der Waals surface area contributed by atoms with Gasteiger partial charge in [-0.15, -0.1) is 11.3 Å². The number of Topliss-reactive ketones (excluding diaryl/α,β-unsaturated/α-hetero) is 1. The molecule has 0 aromatic heterocycles. The first kappa shape index (κ1) is 78.3. The van der Waals surface area contributed by atoms with Gasteiger partial charge in [0.05, 0.1) is 62.4 Å². The Hall–Kier alpha value is -9.81. The first-order valence-corrected chi connectivity index (χ1v) is 35.9. The molecule has 3 aromatic carbocycles. The number of alkyl carbamates (subject to hydrolysis) is 1. The van der Waals surface area contributed by atoms with Crippen molar-refractivity contribution in [2.45, 2.75) is 169 Å². The fraction of sp³-hybridized carbons (Fsp3) is 0.480. The van der Waals surface area contributed by atoms with Crippen LogP contribution in [-0.2, 0) is 49.6 Å². The molecule has 0 unspecified atom stereocenters. The van der Waals surface area contributed by atoms with Crippen molar-refractivity contribution < 1.29 is 82.5 Å². The van der Waals surface area contributed by atoms with E-state index in [-0.39, 0.29) is 118 Å². The highest BCUT2D eigenvalue weighted by molar-refractivity contribution is 7.22. The lowest BCUT2D eigenvalue weighted by Crippen LogP contribution is -2.54. The number of amides is 9. The first-order chi connectivity index (χ1) is 49.4. The number of urea groups is 1. The van der Waals surface area contributed by atoms with E-state index in [4.69, 9.17) is 29.7 Å². The van der Waals surface area contributed by atoms with Crippen molar-refractivity contribution in [3.8, 4) is 22.1 Å². The van der Waals surface area contributed by atoms with Crippen LogP contribution < -0.4 is 52.7 Å². The predicted octanol–water partition coefficient (Wildman–Crippen LogP) is 7.24. The van der Waals surface area contributed by atoms with Crippen molar-refractivity contribution in [3.63, 3.8) is 0 Å². The molecular formula is C75H94N10O18S. The van der Waals surface area contributed by atoms with E-state index in [9.17, 15) is 63.6 Å². The molecule has 1 aliphatic carbocycles. The zero-order valence-corrected chi connectivity index (χ0v) is 60.9. The number of primary amides is 1. The molecule has 9 amide bonds. The molecule has 0 saturated carbocycles. The Balaban J connectivity index is 0.861. The van der Waals surface area contributed by atoms with Gasteiger partial charge < -0.3 is 81.9 Å². The number of unbranched alkanes of at least 4 members (excludes halogenated alkanes) is 2. The number of piperidine rings is 1. The van der Waals surface area contributed by atoms with Crippen molar-refractivity contribution >= 4 is 103 Å². The number of aromatic nitrogens is 1. The van der Waals surface area contributed by atoms with Crippen LogP contribution in [0.1, 0.15) is 128 Å². The summed E-state index contributed by atoms with van der Waals surface area (Å²) in [6, 6.07) is 9.04. The number of nitrogens with zero attached hydrogens (tertiary/aromatic N) is 3. The number of aliphatic hydroxyl groups is 3. The molecule has 29 heteroatoms. The normalized spacial score (nSPS) is 24.3. The van der Waals surface area contributed by atoms with Gasteiger partial charge in [-0.3, -0.25) is 43.3 Å². The summed E-state index contributed by atoms with van der Waals surface area (Å²) in [6.07, 6.45) is 8.16. The van der Waals surface area contributed by atoms with E-state index in [1.165, 1.54) is 51.5 Å². The third kappa shape index (κ3) is 18.0. The van der Waals surface area contributed by atoms with Gasteiger partial charge in [-0.05, 0) is 100 Å². The summed E-state index contributed by atoms with van der Waals surface area (Å²) in [4.78, 5) is 142. The monoisotopic (exact) mass is 1450 g/mol. The summed E-state index contributed by atoms with van der Waals surface area (Å²) in [5, 5.41) is 62.7. The van der Waals surface area contributed by atoms with E-state index >= 15 is 4.79 Å². The number of carbonyl (C=O) groups excluding carboxylic acids is 9. The highest BCUT2D eigenvalue weighted by Gasteiger charge is 2.50. The molecule has 104 heavy (non-hydrogen) atoms. The van der Waals surface area contributed by atoms with E-state index in [2.05, 4.69) is 36.8 Å². The zero-order chi connectivity index (χ0) is 75.6. The van der Waals surface area contributed by atoms with Gasteiger partial charge in [0.15, 0.2) is 0 Å². The van der Waals surface area contributed by atoms with Crippen LogP contribution in [0.15, 0.2) is 95.6 Å². The molecule has 12 N–H and O–H groups in total. The number of rotatable bonds is 21. The summed E-state index contributed by atoms with van der Waals surface area (Å²) in [5.74, 6) is -9.24. The topological polar surface area (TPSA) is 406 Å². The molecule has 11 atom stereocenters. The number of aliphatic hydroxyl groups excluding tert-OH is 3. The molecule has 9 rings (SSSR count). The maximum atomic E-state index is 15.1. The molecule has 4 bridgehead atoms. The Labute approximate surface area is 606 Å². The summed E-state index contributed by atoms with van der Waals surface area (Å²) in [5.41, 5.74) is 6.75. The SMILES string of the molecule is CO[C@H]1/C=C/O[C@@]2(C)Oc3c(C)c(O)c4c(=O)c(c5sc6cc(N7CCC(NC(=O)OCc8ccc(NC(=O)[C@H](CCCNC(N)=O)NC(=O)[C@@H](NC(=O)CCCCCN9C(=O)C=CC9=O)C(C)C)cc8)CC7)ccc6nc-5c4c3C2=O)NC(=O)/C(C)=C\C=C\[C@H](C)[C@H](O)[C@@H](C)[C@@H](O)[C@@H](C)[C@H](O)[C@@H]1C. The van der Waals surface area contributed by atoms with Crippen molar-refractivity contribution in [1.29, 1.82) is 0 Å². The zero-order valence-electron chi connectivity index (χ0n) is 60.0. The average molecular weight is 1460 g/mol. The summed E-state index contributed by atoms with van der Waals surface area (Å²) >= 11 is 1.14. The van der Waals surface area contributed by atoms with Crippen molar-refractivity contribution in [2.75, 3.05) is 48.8 Å². The summed E-state index contributed by atoms with van der Waals surface area (Å²) < 4.78 is 24.4. The minimum Gasteiger partial charge on any atom is -0.507 e. The van der Waals surface area contributed by atoms with Crippen LogP contribution in [-0.4, -0.2) is 165 Å². The number of nitrogens with two attached hydrogens (primary N) is 1. The molecule has 1 saturated heterocycles. The van der Waals surface area contributed by atoms with Gasteiger partial charge >= 0.3 is 17.9 Å². The van der Waals surface area contributed by atoms with Crippen molar-refractivity contribution in [2.24, 2.45) is 35.3 Å². The number of nitrogens with one attached hydrogen (secondary N) is 6. The number of methoxy groups -OCH3 is 1. The second-order valence-electron chi connectivity index (χ2n) is 27.7. The van der Waals surface area contributed by atoms with Gasteiger partial charge in [0.25, 0.3) is 23.5 Å². The quantitative estimate of drug-likeness (QED) is 0.0149. The molecule has 6 aliphatic rings. The lowest BCUT2D eigenvalue weighted by molar-refractivity contribution is -0.137. The Morgan fingerprint density at radius 2 is 1.53 bits per heavy atom. The number of ether oxygens (including phenoxy) is 4. The van der Waals surface area contributed by atoms with Crippen LogP contribution in [0.5, 0.6) is 11.5 Å². The largest absolute Gasteiger partial charge is 0.507 e. The minimum atomic E-state index is -2.05. The maximum Gasteiger partial charge on any atom is 0.407 e. The summed E-state index contributed by atoms with van der Waals surface area (Å²) in [6.45, 7) is 16.0. The van der Waals surface area contributed by atoms with Gasteiger partial charge in [-0.1, -0.05) is 78.3 Å². The number of anilines is 3. The molecular weight excluding hydrogens is 1360 g/mol. The van der Waals surface area contributed by atoms with Gasteiger partial charge in [-0.2, -0.15) is 0 Å². The van der Waals surface area contributed by atoms with E-state index in [0.717, 1.165) is 21.9 Å². The molecule has 0 spiro atoms. The number of allylic oxidation sites excluding steroid dienone is 2. The highest BCUT2D eigenvalue weighted by atomic mass is 32.1. The Kier molecular flexibility index (Phi) is 25.8. The standard InChI is InChI=1S/C75H94N10O18S/c1-38(2)59(82-53(86)19-12-11-13-32-85-54(87)26-27-55(85)88)72(97)81-50(18-15-31-77-73(76)98)71(96)78-46-22-20-45(21-23-46)37-101-74(99)79-47-28-33-84(34-29-47)48-24-25-49-52(36-48)104-68-60(80-49)56-57-65(92)44(8)67-58(56)69(94)75(9,103-67)102-35-30-51(100-10)41(5)63(90)43(7)64(91)42(6)62(89)39(3)16-14-17-40(4)70(95)83-61(68)66(57)93/h14,16-17,20-27,30,35-36,38-39,41-43,47,50-51,59,62-64,89-92H,11-13,15,18-19,28-29,31-34,37H2,1-10H3,(H,78,96)(H,79,99)(H,81,97)(H,82,86)(H,83,95)(H3,76,77,98)/b16-14+,35-30+,40-17-/t39-,41+,42+,43-,50-,51-,59-,62-,63+,64+,75-/m0/s1. The number of fused-ring (bicyclic) bond motifs is 2. The van der Waals surface area contributed by atoms with E-state index in [0.29, 0.717) is 66.7 Å². The van der Waals surface area contributed by atoms with Crippen molar-refractivity contribution in [3.05, 3.63) is 118 Å². The number of phenolic OH excluding ortho intramolecular Hbond substituents is 1. The van der Waals surface area contributed by atoms with Crippen LogP contribution in [0, 0.1) is 36.5 Å². The number of hydrogen-bond acceptors (Lipinski definition) is 21. The van der Waals surface area contributed by atoms with Gasteiger partial charge in [0.2, 0.25) is 23.2 Å². The molecule has 28 nitrogen and oxygen atoms in total. The molecule has 3 aromatic rings. The van der Waals surface area contributed by atoms with Gasteiger partial charge in [-0.25, -0.2) is 14.6 Å². The minimum absolute atomic E-state index is 0.0140. The lowest BCUT2D eigenvalue weighted by atomic mass is 9.78. The maximum absolute atomic E-state index is 15.1. The predicted molar refractivity (Wildman–Crippen MR) is 390 cm³/mol. The second-order valence-corrected chi connectivity index (χ2v) is 28.8.